The Morgan fingerprint density at radius 3 is 2.48 bits per heavy atom. The summed E-state index contributed by atoms with van der Waals surface area (Å²) in [6, 6.07) is 7.61. The van der Waals surface area contributed by atoms with E-state index in [0.29, 0.717) is 6.61 Å². The van der Waals surface area contributed by atoms with Crippen molar-refractivity contribution in [2.45, 2.75) is 32.2 Å². The fourth-order valence-corrected chi connectivity index (χ4v) is 4.16. The normalized spacial score (nSPS) is 18.7. The molecule has 1 N–H and O–H groups in total. The quantitative estimate of drug-likeness (QED) is 0.384. The number of piperazine rings is 1. The summed E-state index contributed by atoms with van der Waals surface area (Å²) in [7, 11) is 3.47. The number of carbonyl (C=O) groups is 1. The van der Waals surface area contributed by atoms with Gasteiger partial charge in [-0.3, -0.25) is 14.7 Å². The maximum Gasteiger partial charge on any atom is 0.239 e. The number of nitrogens with one attached hydrogen (secondary N) is 1. The fourth-order valence-electron chi connectivity index (χ4n) is 4.16. The van der Waals surface area contributed by atoms with Gasteiger partial charge in [0.2, 0.25) is 5.91 Å². The van der Waals surface area contributed by atoms with Gasteiger partial charge in [0.25, 0.3) is 0 Å². The summed E-state index contributed by atoms with van der Waals surface area (Å²) >= 11 is 0. The molecule has 0 bridgehead atoms. The fraction of sp³-hybridized carbons (Fsp3) is 0.652. The van der Waals surface area contributed by atoms with Crippen molar-refractivity contribution in [2.75, 3.05) is 66.6 Å². The van der Waals surface area contributed by atoms with Crippen LogP contribution in [0, 0.1) is 0 Å². The van der Waals surface area contributed by atoms with E-state index in [9.17, 15) is 4.79 Å². The molecule has 0 saturated carbocycles. The molecule has 1 atom stereocenters. The monoisotopic (exact) mass is 431 g/mol. The Morgan fingerprint density at radius 1 is 1.10 bits per heavy atom. The van der Waals surface area contributed by atoms with Crippen molar-refractivity contribution in [3.05, 3.63) is 24.3 Å². The summed E-state index contributed by atoms with van der Waals surface area (Å²) in [5.41, 5.74) is 0. The van der Waals surface area contributed by atoms with Gasteiger partial charge >= 0.3 is 0 Å². The summed E-state index contributed by atoms with van der Waals surface area (Å²) in [5, 5.41) is 3.44. The number of likely N-dealkylation sites (tertiary alicyclic amines) is 1. The van der Waals surface area contributed by atoms with Crippen LogP contribution < -0.4 is 14.8 Å². The summed E-state index contributed by atoms with van der Waals surface area (Å²) in [6.45, 7) is 8.80. The van der Waals surface area contributed by atoms with E-state index in [1.807, 2.05) is 43.1 Å². The van der Waals surface area contributed by atoms with Crippen LogP contribution in [-0.4, -0.2) is 99.2 Å². The molecule has 0 aliphatic carbocycles. The molecule has 0 radical (unpaired) electrons. The molecule has 8 heteroatoms. The molecule has 1 amide bonds. The number of hydrogen-bond donors (Lipinski definition) is 1. The largest absolute Gasteiger partial charge is 0.497 e. The lowest BCUT2D eigenvalue weighted by molar-refractivity contribution is -0.135. The molecule has 2 fully saturated rings. The van der Waals surface area contributed by atoms with Crippen LogP contribution >= 0.6 is 0 Å². The average molecular weight is 432 g/mol. The Hall–Kier alpha value is -2.48. The molecule has 1 aromatic rings. The molecule has 3 rings (SSSR count). The molecule has 0 aromatic heterocycles. The minimum atomic E-state index is -0.0380. The van der Waals surface area contributed by atoms with Gasteiger partial charge in [0.05, 0.1) is 19.8 Å². The van der Waals surface area contributed by atoms with Crippen molar-refractivity contribution in [2.24, 2.45) is 4.99 Å². The maximum atomic E-state index is 12.7. The number of hydrogen-bond acceptors (Lipinski definition) is 5. The highest BCUT2D eigenvalue weighted by Crippen LogP contribution is 2.19. The first-order chi connectivity index (χ1) is 15.1. The van der Waals surface area contributed by atoms with E-state index < -0.39 is 0 Å². The third-order valence-electron chi connectivity index (χ3n) is 6.06. The lowest BCUT2D eigenvalue weighted by Crippen LogP contribution is -2.57. The lowest BCUT2D eigenvalue weighted by Gasteiger charge is -2.39. The number of benzene rings is 1. The Kier molecular flexibility index (Phi) is 8.82. The van der Waals surface area contributed by atoms with E-state index >= 15 is 0 Å². The lowest BCUT2D eigenvalue weighted by atomic mass is 10.2. The first-order valence-corrected chi connectivity index (χ1v) is 11.4. The van der Waals surface area contributed by atoms with E-state index in [2.05, 4.69) is 20.1 Å². The smallest absolute Gasteiger partial charge is 0.239 e. The van der Waals surface area contributed by atoms with Crippen LogP contribution in [0.3, 0.4) is 0 Å². The molecule has 2 heterocycles. The van der Waals surface area contributed by atoms with E-state index in [1.54, 1.807) is 7.11 Å². The average Bonchev–Trinajstić information content (AvgIpc) is 3.36. The predicted octanol–water partition coefficient (Wildman–Crippen LogP) is 1.67. The van der Waals surface area contributed by atoms with Crippen LogP contribution in [0.25, 0.3) is 0 Å². The van der Waals surface area contributed by atoms with Crippen LogP contribution in [0.15, 0.2) is 29.3 Å². The number of ether oxygens (including phenoxy) is 2. The van der Waals surface area contributed by atoms with Crippen molar-refractivity contribution in [1.82, 2.24) is 20.0 Å². The molecule has 2 aliphatic heterocycles. The van der Waals surface area contributed by atoms with Gasteiger partial charge in [-0.05, 0) is 38.3 Å². The molecule has 1 unspecified atom stereocenters. The molecule has 2 saturated heterocycles. The van der Waals surface area contributed by atoms with Gasteiger partial charge in [-0.2, -0.15) is 0 Å². The number of nitrogens with zero attached hydrogens (tertiary/aromatic N) is 4. The molecule has 31 heavy (non-hydrogen) atoms. The molecular formula is C23H37N5O3. The summed E-state index contributed by atoms with van der Waals surface area (Å²) in [4.78, 5) is 23.7. The van der Waals surface area contributed by atoms with Gasteiger partial charge in [-0.1, -0.05) is 6.07 Å². The maximum absolute atomic E-state index is 12.7. The molecular weight excluding hydrogens is 394 g/mol. The van der Waals surface area contributed by atoms with Crippen molar-refractivity contribution in [3.63, 3.8) is 0 Å². The van der Waals surface area contributed by atoms with Gasteiger partial charge in [0.1, 0.15) is 11.5 Å². The van der Waals surface area contributed by atoms with Crippen LogP contribution in [0.2, 0.25) is 0 Å². The zero-order valence-corrected chi connectivity index (χ0v) is 19.2. The number of methoxy groups -OCH3 is 1. The standard InChI is InChI=1S/C23H37N5O3/c1-19(22(29)27-11-4-5-12-27)26-13-15-28(16-14-26)23(24-2)25-10-7-17-31-21-9-6-8-20(18-21)30-3/h6,8-9,18-19H,4-5,7,10-17H2,1-3H3,(H,24,25). The Balaban J connectivity index is 1.35. The van der Waals surface area contributed by atoms with E-state index in [1.165, 1.54) is 0 Å². The minimum absolute atomic E-state index is 0.0380. The topological polar surface area (TPSA) is 69.6 Å². The number of aliphatic imine (C=N–C) groups is 1. The van der Waals surface area contributed by atoms with Gasteiger partial charge in [-0.15, -0.1) is 0 Å². The number of rotatable bonds is 8. The first kappa shape index (κ1) is 23.2. The highest BCUT2D eigenvalue weighted by atomic mass is 16.5. The summed E-state index contributed by atoms with van der Waals surface area (Å²) < 4.78 is 11.0. The highest BCUT2D eigenvalue weighted by molar-refractivity contribution is 5.82. The highest BCUT2D eigenvalue weighted by Gasteiger charge is 2.30. The molecule has 2 aliphatic rings. The van der Waals surface area contributed by atoms with Crippen molar-refractivity contribution < 1.29 is 14.3 Å². The molecule has 0 spiro atoms. The molecule has 1 aromatic carbocycles. The first-order valence-electron chi connectivity index (χ1n) is 11.4. The van der Waals surface area contributed by atoms with Crippen molar-refractivity contribution in [1.29, 1.82) is 0 Å². The summed E-state index contributed by atoms with van der Waals surface area (Å²) in [6.07, 6.45) is 3.15. The van der Waals surface area contributed by atoms with Gasteiger partial charge in [-0.25, -0.2) is 0 Å². The third kappa shape index (κ3) is 6.50. The SMILES string of the molecule is CN=C(NCCCOc1cccc(OC)c1)N1CCN(C(C)C(=O)N2CCCC2)CC1. The number of guanidine groups is 1. The van der Waals surface area contributed by atoms with Crippen LogP contribution in [0.1, 0.15) is 26.2 Å². The van der Waals surface area contributed by atoms with Crippen LogP contribution in [0.5, 0.6) is 11.5 Å². The van der Waals surface area contributed by atoms with Gasteiger partial charge < -0.3 is 24.6 Å². The zero-order chi connectivity index (χ0) is 22.1. The van der Waals surface area contributed by atoms with E-state index in [-0.39, 0.29) is 11.9 Å². The number of carbonyl (C=O) groups excluding carboxylic acids is 1. The van der Waals surface area contributed by atoms with Crippen LogP contribution in [-0.2, 0) is 4.79 Å². The van der Waals surface area contributed by atoms with Gasteiger partial charge in [0.15, 0.2) is 5.96 Å². The summed E-state index contributed by atoms with van der Waals surface area (Å²) in [5.74, 6) is 2.81. The molecule has 172 valence electrons. The Bertz CT molecular complexity index is 728. The second kappa shape index (κ2) is 11.8. The van der Waals surface area contributed by atoms with E-state index in [0.717, 1.165) is 82.5 Å². The Morgan fingerprint density at radius 2 is 1.81 bits per heavy atom. The van der Waals surface area contributed by atoms with Crippen molar-refractivity contribution >= 4 is 11.9 Å². The second-order valence-corrected chi connectivity index (χ2v) is 8.09. The van der Waals surface area contributed by atoms with E-state index in [4.69, 9.17) is 9.47 Å². The number of amides is 1. The van der Waals surface area contributed by atoms with Gasteiger partial charge in [0, 0.05) is 58.9 Å². The van der Waals surface area contributed by atoms with Crippen molar-refractivity contribution in [3.8, 4) is 11.5 Å². The Labute approximate surface area is 186 Å². The second-order valence-electron chi connectivity index (χ2n) is 8.09. The molecule has 8 nitrogen and oxygen atoms in total. The minimum Gasteiger partial charge on any atom is -0.497 e. The van der Waals surface area contributed by atoms with Crippen LogP contribution in [0.4, 0.5) is 0 Å². The third-order valence-corrected chi connectivity index (χ3v) is 6.06. The predicted molar refractivity (Wildman–Crippen MR) is 123 cm³/mol. The zero-order valence-electron chi connectivity index (χ0n) is 19.2.